The largest absolute Gasteiger partial charge is 0.370 e. The minimum absolute atomic E-state index is 0.0460. The van der Waals surface area contributed by atoms with Crippen molar-refractivity contribution >= 4 is 11.6 Å². The second-order valence-electron chi connectivity index (χ2n) is 8.32. The number of piperidine rings is 1. The van der Waals surface area contributed by atoms with Crippen LogP contribution in [0.25, 0.3) is 0 Å². The fourth-order valence-corrected chi connectivity index (χ4v) is 4.67. The molecule has 31 heavy (non-hydrogen) atoms. The van der Waals surface area contributed by atoms with Gasteiger partial charge in [0.2, 0.25) is 5.91 Å². The molecule has 2 aliphatic rings. The third kappa shape index (κ3) is 5.02. The van der Waals surface area contributed by atoms with Crippen molar-refractivity contribution in [2.75, 3.05) is 31.1 Å². The molecule has 2 fully saturated rings. The second kappa shape index (κ2) is 9.44. The second-order valence-corrected chi connectivity index (χ2v) is 8.32. The van der Waals surface area contributed by atoms with E-state index < -0.39 is 11.6 Å². The van der Waals surface area contributed by atoms with Crippen LogP contribution in [0.3, 0.4) is 0 Å². The summed E-state index contributed by atoms with van der Waals surface area (Å²) in [5, 5.41) is 12.4. The molecular formula is C24H26F2N4O. The van der Waals surface area contributed by atoms with Crippen LogP contribution in [0, 0.1) is 23.0 Å². The summed E-state index contributed by atoms with van der Waals surface area (Å²) >= 11 is 0. The van der Waals surface area contributed by atoms with Crippen LogP contribution in [0.1, 0.15) is 30.4 Å². The Morgan fingerprint density at radius 3 is 2.58 bits per heavy atom. The number of hydrogen-bond acceptors (Lipinski definition) is 4. The quantitative estimate of drug-likeness (QED) is 0.801. The van der Waals surface area contributed by atoms with Crippen LogP contribution in [-0.2, 0) is 11.2 Å². The fourth-order valence-electron chi connectivity index (χ4n) is 4.67. The molecule has 2 aromatic carbocycles. The van der Waals surface area contributed by atoms with E-state index in [4.69, 9.17) is 0 Å². The molecule has 2 aromatic rings. The Balaban J connectivity index is 1.25. The average molecular weight is 424 g/mol. The van der Waals surface area contributed by atoms with Gasteiger partial charge < -0.3 is 10.2 Å². The zero-order valence-corrected chi connectivity index (χ0v) is 17.4. The number of rotatable bonds is 5. The van der Waals surface area contributed by atoms with Gasteiger partial charge in [0.05, 0.1) is 17.7 Å². The molecule has 0 saturated carbocycles. The summed E-state index contributed by atoms with van der Waals surface area (Å²) < 4.78 is 26.4. The molecule has 2 saturated heterocycles. The van der Waals surface area contributed by atoms with Gasteiger partial charge >= 0.3 is 0 Å². The summed E-state index contributed by atoms with van der Waals surface area (Å²) in [6.45, 7) is 3.57. The lowest BCUT2D eigenvalue weighted by Gasteiger charge is -2.38. The highest BCUT2D eigenvalue weighted by atomic mass is 19.2. The number of para-hydroxylation sites is 1. The van der Waals surface area contributed by atoms with Gasteiger partial charge in [-0.15, -0.1) is 0 Å². The van der Waals surface area contributed by atoms with Gasteiger partial charge in [0.15, 0.2) is 11.6 Å². The predicted molar refractivity (Wildman–Crippen MR) is 115 cm³/mol. The molecule has 4 rings (SSSR count). The first kappa shape index (κ1) is 21.3. The van der Waals surface area contributed by atoms with Crippen LogP contribution in [0.15, 0.2) is 42.5 Å². The lowest BCUT2D eigenvalue weighted by atomic mass is 10.0. The summed E-state index contributed by atoms with van der Waals surface area (Å²) in [6, 6.07) is 14.1. The molecule has 0 unspecified atom stereocenters. The third-order valence-corrected chi connectivity index (χ3v) is 6.28. The highest BCUT2D eigenvalue weighted by Crippen LogP contribution is 2.27. The highest BCUT2D eigenvalue weighted by molar-refractivity contribution is 5.78. The first-order valence-electron chi connectivity index (χ1n) is 10.7. The van der Waals surface area contributed by atoms with Gasteiger partial charge in [0.1, 0.15) is 6.07 Å². The molecule has 0 aliphatic carbocycles. The molecule has 2 heterocycles. The van der Waals surface area contributed by atoms with Crippen molar-refractivity contribution in [3.05, 3.63) is 65.2 Å². The Kier molecular flexibility index (Phi) is 6.47. The molecule has 1 amide bonds. The summed E-state index contributed by atoms with van der Waals surface area (Å²) in [6.07, 6.45) is 2.98. The van der Waals surface area contributed by atoms with Gasteiger partial charge in [-0.2, -0.15) is 5.26 Å². The van der Waals surface area contributed by atoms with Gasteiger partial charge in [-0.05, 0) is 49.1 Å². The van der Waals surface area contributed by atoms with E-state index in [0.717, 1.165) is 63.3 Å². The summed E-state index contributed by atoms with van der Waals surface area (Å²) in [5.41, 5.74) is 2.19. The minimum atomic E-state index is -0.930. The number of carbonyl (C=O) groups excluding carboxylic acids is 1. The SMILES string of the molecule is N#Cc1ccccc1N1CCC(N2CC[C@H](NC(=O)Cc3ccc(F)c(F)c3)C2)CC1. The molecule has 1 N–H and O–H groups in total. The Morgan fingerprint density at radius 1 is 1.06 bits per heavy atom. The van der Waals surface area contributed by atoms with E-state index in [1.165, 1.54) is 6.07 Å². The summed E-state index contributed by atoms with van der Waals surface area (Å²) in [7, 11) is 0. The zero-order chi connectivity index (χ0) is 21.8. The molecule has 0 aromatic heterocycles. The topological polar surface area (TPSA) is 59.4 Å². The van der Waals surface area contributed by atoms with Crippen LogP contribution in [0.4, 0.5) is 14.5 Å². The fraction of sp³-hybridized carbons (Fsp3) is 0.417. The van der Waals surface area contributed by atoms with E-state index in [-0.39, 0.29) is 18.4 Å². The van der Waals surface area contributed by atoms with Crippen LogP contribution in [0.2, 0.25) is 0 Å². The molecule has 0 bridgehead atoms. The van der Waals surface area contributed by atoms with Crippen molar-refractivity contribution in [1.82, 2.24) is 10.2 Å². The molecule has 0 radical (unpaired) electrons. The number of halogens is 2. The smallest absolute Gasteiger partial charge is 0.224 e. The van der Waals surface area contributed by atoms with Gasteiger partial charge in [0, 0.05) is 38.3 Å². The number of nitriles is 1. The Labute approximate surface area is 181 Å². The van der Waals surface area contributed by atoms with Crippen molar-refractivity contribution in [3.63, 3.8) is 0 Å². The maximum absolute atomic E-state index is 13.3. The Hall–Kier alpha value is -2.98. The van der Waals surface area contributed by atoms with Crippen LogP contribution in [-0.4, -0.2) is 49.1 Å². The van der Waals surface area contributed by atoms with Crippen molar-refractivity contribution in [2.24, 2.45) is 0 Å². The van der Waals surface area contributed by atoms with Crippen molar-refractivity contribution in [3.8, 4) is 6.07 Å². The number of nitrogens with one attached hydrogen (secondary N) is 1. The van der Waals surface area contributed by atoms with Crippen LogP contribution >= 0.6 is 0 Å². The maximum Gasteiger partial charge on any atom is 0.224 e. The van der Waals surface area contributed by atoms with E-state index >= 15 is 0 Å². The monoisotopic (exact) mass is 424 g/mol. The molecule has 1 atom stereocenters. The number of hydrogen-bond donors (Lipinski definition) is 1. The molecule has 0 spiro atoms. The highest BCUT2D eigenvalue weighted by Gasteiger charge is 2.31. The lowest BCUT2D eigenvalue weighted by Crippen LogP contribution is -2.46. The number of anilines is 1. The van der Waals surface area contributed by atoms with Gasteiger partial charge in [0.25, 0.3) is 0 Å². The number of amides is 1. The van der Waals surface area contributed by atoms with E-state index in [1.54, 1.807) is 0 Å². The first-order chi connectivity index (χ1) is 15.0. The van der Waals surface area contributed by atoms with Gasteiger partial charge in [-0.25, -0.2) is 8.78 Å². The average Bonchev–Trinajstić information content (AvgIpc) is 3.24. The normalized spacial score (nSPS) is 19.9. The van der Waals surface area contributed by atoms with E-state index in [0.29, 0.717) is 17.2 Å². The number of carbonyl (C=O) groups is 1. The molecule has 2 aliphatic heterocycles. The number of benzene rings is 2. The van der Waals surface area contributed by atoms with Gasteiger partial charge in [-0.3, -0.25) is 9.69 Å². The molecule has 5 nitrogen and oxygen atoms in total. The Bertz CT molecular complexity index is 982. The Morgan fingerprint density at radius 2 is 1.84 bits per heavy atom. The lowest BCUT2D eigenvalue weighted by molar-refractivity contribution is -0.121. The van der Waals surface area contributed by atoms with Gasteiger partial charge in [-0.1, -0.05) is 18.2 Å². The standard InChI is InChI=1S/C24H26F2N4O/c25-21-6-5-17(13-22(21)26)14-24(31)28-19-7-10-30(16-19)20-8-11-29(12-9-20)23-4-2-1-3-18(23)15-27/h1-6,13,19-20H,7-12,14,16H2,(H,28,31)/t19-/m0/s1. The zero-order valence-electron chi connectivity index (χ0n) is 17.4. The van der Waals surface area contributed by atoms with E-state index in [1.807, 2.05) is 24.3 Å². The van der Waals surface area contributed by atoms with E-state index in [9.17, 15) is 18.8 Å². The first-order valence-corrected chi connectivity index (χ1v) is 10.7. The summed E-state index contributed by atoms with van der Waals surface area (Å²) in [5.74, 6) is -2.00. The van der Waals surface area contributed by atoms with Crippen LogP contribution < -0.4 is 10.2 Å². The van der Waals surface area contributed by atoms with Crippen LogP contribution in [0.5, 0.6) is 0 Å². The summed E-state index contributed by atoms with van der Waals surface area (Å²) in [4.78, 5) is 17.1. The maximum atomic E-state index is 13.3. The number of likely N-dealkylation sites (tertiary alicyclic amines) is 1. The van der Waals surface area contributed by atoms with Crippen molar-refractivity contribution in [2.45, 2.75) is 37.8 Å². The van der Waals surface area contributed by atoms with Crippen molar-refractivity contribution < 1.29 is 13.6 Å². The van der Waals surface area contributed by atoms with Crippen molar-refractivity contribution in [1.29, 1.82) is 5.26 Å². The number of nitrogens with zero attached hydrogens (tertiary/aromatic N) is 3. The minimum Gasteiger partial charge on any atom is -0.370 e. The molecule has 7 heteroatoms. The predicted octanol–water partition coefficient (Wildman–Crippen LogP) is 3.24. The van der Waals surface area contributed by atoms with E-state index in [2.05, 4.69) is 21.2 Å². The third-order valence-electron chi connectivity index (χ3n) is 6.28. The molecule has 162 valence electrons. The molecular weight excluding hydrogens is 398 g/mol.